The van der Waals surface area contributed by atoms with Crippen LogP contribution in [0.15, 0.2) is 12.1 Å². The Morgan fingerprint density at radius 1 is 1.60 bits per heavy atom. The van der Waals surface area contributed by atoms with Crippen LogP contribution in [0.4, 0.5) is 5.69 Å². The van der Waals surface area contributed by atoms with Crippen molar-refractivity contribution in [2.45, 2.75) is 6.92 Å². The summed E-state index contributed by atoms with van der Waals surface area (Å²) in [4.78, 5) is 3.89. The highest BCUT2D eigenvalue weighted by molar-refractivity contribution is 6.29. The number of hydrogen-bond donors (Lipinski definition) is 2. The fraction of sp³-hybridized carbons (Fsp3) is 0.167. The van der Waals surface area contributed by atoms with Gasteiger partial charge in [-0.05, 0) is 19.1 Å². The first-order valence-corrected chi connectivity index (χ1v) is 3.15. The lowest BCUT2D eigenvalue weighted by Gasteiger charge is -2.00. The van der Waals surface area contributed by atoms with E-state index >= 15 is 0 Å². The van der Waals surface area contributed by atoms with Crippen LogP contribution in [0.1, 0.15) is 5.69 Å². The second-order valence-electron chi connectivity index (χ2n) is 1.88. The van der Waals surface area contributed by atoms with Gasteiger partial charge in [-0.3, -0.25) is 10.7 Å². The van der Waals surface area contributed by atoms with Crippen LogP contribution in [0.3, 0.4) is 0 Å². The molecule has 0 spiro atoms. The zero-order chi connectivity index (χ0) is 7.56. The minimum absolute atomic E-state index is 0.427. The van der Waals surface area contributed by atoms with E-state index in [0.29, 0.717) is 16.5 Å². The van der Waals surface area contributed by atoms with E-state index in [-0.39, 0.29) is 0 Å². The summed E-state index contributed by atoms with van der Waals surface area (Å²) in [6.45, 7) is 1.75. The van der Waals surface area contributed by atoms with Gasteiger partial charge in [0.1, 0.15) is 5.15 Å². The molecule has 0 saturated carbocycles. The predicted octanol–water partition coefficient (Wildman–Crippen LogP) is 1.84. The summed E-state index contributed by atoms with van der Waals surface area (Å²) < 4.78 is 0. The molecule has 0 saturated heterocycles. The average molecular weight is 159 g/mol. The summed E-state index contributed by atoms with van der Waals surface area (Å²) >= 11 is 5.55. The molecule has 1 aromatic heterocycles. The van der Waals surface area contributed by atoms with Gasteiger partial charge in [0.05, 0.1) is 11.4 Å². The van der Waals surface area contributed by atoms with E-state index < -0.39 is 0 Å². The minimum atomic E-state index is 0.427. The zero-order valence-electron chi connectivity index (χ0n) is 5.43. The molecule has 1 heterocycles. The third kappa shape index (κ3) is 1.37. The highest BCUT2D eigenvalue weighted by Gasteiger charge is 1.96. The van der Waals surface area contributed by atoms with E-state index in [4.69, 9.17) is 16.8 Å². The number of anilines is 1. The molecule has 1 aromatic rings. The van der Waals surface area contributed by atoms with Crippen molar-refractivity contribution in [3.05, 3.63) is 23.0 Å². The fourth-order valence-corrected chi connectivity index (χ4v) is 0.838. The number of halogens is 1. The Balaban J connectivity index is 3.07. The first-order chi connectivity index (χ1) is 4.74. The van der Waals surface area contributed by atoms with Crippen LogP contribution in [0.2, 0.25) is 5.15 Å². The maximum absolute atomic E-state index is 8.48. The molecular formula is C6H7ClN2O. The lowest BCUT2D eigenvalue weighted by atomic mass is 10.3. The molecule has 3 nitrogen and oxygen atoms in total. The molecule has 0 radical (unpaired) electrons. The molecule has 0 bridgehead atoms. The monoisotopic (exact) mass is 158 g/mol. The van der Waals surface area contributed by atoms with E-state index in [1.165, 1.54) is 0 Å². The van der Waals surface area contributed by atoms with Crippen molar-refractivity contribution in [2.75, 3.05) is 5.48 Å². The second kappa shape index (κ2) is 2.86. The summed E-state index contributed by atoms with van der Waals surface area (Å²) in [5.41, 5.74) is 3.25. The fourth-order valence-electron chi connectivity index (χ4n) is 0.649. The first-order valence-electron chi connectivity index (χ1n) is 2.77. The molecule has 10 heavy (non-hydrogen) atoms. The van der Waals surface area contributed by atoms with Crippen molar-refractivity contribution >= 4 is 17.3 Å². The maximum Gasteiger partial charge on any atom is 0.129 e. The van der Waals surface area contributed by atoms with E-state index in [1.54, 1.807) is 19.1 Å². The molecule has 0 aliphatic heterocycles. The van der Waals surface area contributed by atoms with Crippen molar-refractivity contribution in [3.63, 3.8) is 0 Å². The largest absolute Gasteiger partial charge is 0.291 e. The van der Waals surface area contributed by atoms with Crippen molar-refractivity contribution in [1.29, 1.82) is 0 Å². The van der Waals surface area contributed by atoms with Gasteiger partial charge in [-0.15, -0.1) is 0 Å². The molecule has 0 aliphatic carbocycles. The third-order valence-electron chi connectivity index (χ3n) is 1.17. The first kappa shape index (κ1) is 7.31. The van der Waals surface area contributed by atoms with Crippen LogP contribution in [-0.4, -0.2) is 10.2 Å². The Labute approximate surface area is 63.6 Å². The smallest absolute Gasteiger partial charge is 0.129 e. The third-order valence-corrected chi connectivity index (χ3v) is 1.38. The highest BCUT2D eigenvalue weighted by atomic mass is 35.5. The van der Waals surface area contributed by atoms with Crippen molar-refractivity contribution in [3.8, 4) is 0 Å². The normalized spacial score (nSPS) is 9.50. The number of aryl methyl sites for hydroxylation is 1. The molecule has 0 aromatic carbocycles. The van der Waals surface area contributed by atoms with Gasteiger partial charge in [0.15, 0.2) is 0 Å². The summed E-state index contributed by atoms with van der Waals surface area (Å²) in [6.07, 6.45) is 0. The molecule has 0 fully saturated rings. The van der Waals surface area contributed by atoms with Crippen LogP contribution in [0.25, 0.3) is 0 Å². The predicted molar refractivity (Wildman–Crippen MR) is 39.4 cm³/mol. The molecule has 54 valence electrons. The van der Waals surface area contributed by atoms with E-state index in [2.05, 4.69) is 4.98 Å². The molecule has 0 atom stereocenters. The Bertz CT molecular complexity index is 239. The van der Waals surface area contributed by atoms with Gasteiger partial charge in [-0.2, -0.15) is 0 Å². The van der Waals surface area contributed by atoms with E-state index in [9.17, 15) is 0 Å². The van der Waals surface area contributed by atoms with Crippen LogP contribution < -0.4 is 5.48 Å². The SMILES string of the molecule is Cc1nc(Cl)ccc1NO. The Morgan fingerprint density at radius 3 is 2.80 bits per heavy atom. The van der Waals surface area contributed by atoms with E-state index in [1.807, 2.05) is 5.48 Å². The summed E-state index contributed by atoms with van der Waals surface area (Å²) in [6, 6.07) is 3.26. The van der Waals surface area contributed by atoms with E-state index in [0.717, 1.165) is 0 Å². The van der Waals surface area contributed by atoms with Crippen LogP contribution in [0.5, 0.6) is 0 Å². The van der Waals surface area contributed by atoms with Gasteiger partial charge in [0, 0.05) is 0 Å². The van der Waals surface area contributed by atoms with Gasteiger partial charge in [-0.1, -0.05) is 11.6 Å². The average Bonchev–Trinajstić information content (AvgIpc) is 1.88. The molecule has 0 unspecified atom stereocenters. The van der Waals surface area contributed by atoms with Crippen molar-refractivity contribution in [1.82, 2.24) is 4.98 Å². The highest BCUT2D eigenvalue weighted by Crippen LogP contribution is 2.13. The number of nitrogens with one attached hydrogen (secondary N) is 1. The lowest BCUT2D eigenvalue weighted by molar-refractivity contribution is 0.388. The lowest BCUT2D eigenvalue weighted by Crippen LogP contribution is -1.94. The van der Waals surface area contributed by atoms with Gasteiger partial charge in [-0.25, -0.2) is 4.98 Å². The topological polar surface area (TPSA) is 45.2 Å². The molecule has 0 aliphatic rings. The summed E-state index contributed by atoms with van der Waals surface area (Å²) in [5, 5.41) is 8.90. The molecule has 1 rings (SSSR count). The number of rotatable bonds is 1. The Hall–Kier alpha value is -0.800. The quantitative estimate of drug-likeness (QED) is 0.484. The standard InChI is InChI=1S/C6H7ClN2O/c1-4-5(9-10)2-3-6(7)8-4/h2-3,9-10H,1H3. The Kier molecular flexibility index (Phi) is 2.09. The zero-order valence-corrected chi connectivity index (χ0v) is 6.18. The maximum atomic E-state index is 8.48. The number of nitrogens with zero attached hydrogens (tertiary/aromatic N) is 1. The van der Waals surface area contributed by atoms with Crippen molar-refractivity contribution in [2.24, 2.45) is 0 Å². The van der Waals surface area contributed by atoms with Gasteiger partial charge in [0.2, 0.25) is 0 Å². The number of aromatic nitrogens is 1. The summed E-state index contributed by atoms with van der Waals surface area (Å²) in [7, 11) is 0. The molecule has 2 N–H and O–H groups in total. The Morgan fingerprint density at radius 2 is 2.30 bits per heavy atom. The molecular weight excluding hydrogens is 152 g/mol. The molecule has 0 amide bonds. The van der Waals surface area contributed by atoms with Crippen LogP contribution in [-0.2, 0) is 0 Å². The minimum Gasteiger partial charge on any atom is -0.291 e. The van der Waals surface area contributed by atoms with Gasteiger partial charge < -0.3 is 0 Å². The van der Waals surface area contributed by atoms with Gasteiger partial charge >= 0.3 is 0 Å². The van der Waals surface area contributed by atoms with Crippen LogP contribution >= 0.6 is 11.6 Å². The van der Waals surface area contributed by atoms with Gasteiger partial charge in [0.25, 0.3) is 0 Å². The van der Waals surface area contributed by atoms with Crippen LogP contribution in [0, 0.1) is 6.92 Å². The molecule has 4 heteroatoms. The number of hydrogen-bond acceptors (Lipinski definition) is 3. The summed E-state index contributed by atoms with van der Waals surface area (Å²) in [5.74, 6) is 0. The number of pyridine rings is 1. The van der Waals surface area contributed by atoms with Crippen molar-refractivity contribution < 1.29 is 5.21 Å². The second-order valence-corrected chi connectivity index (χ2v) is 2.27.